The van der Waals surface area contributed by atoms with Crippen LogP contribution in [-0.2, 0) is 6.54 Å². The summed E-state index contributed by atoms with van der Waals surface area (Å²) in [5.74, 6) is 0.723. The van der Waals surface area contributed by atoms with Crippen LogP contribution >= 0.6 is 0 Å². The number of aromatic nitrogens is 1. The second-order valence-corrected chi connectivity index (χ2v) is 6.42. The average Bonchev–Trinajstić information content (AvgIpc) is 2.66. The fourth-order valence-corrected chi connectivity index (χ4v) is 3.12. The third kappa shape index (κ3) is 3.79. The SMILES string of the molecule is COc1ccc(C(=O)NCc2cc3cc(C)cc(C)c3[nH]c2=O)cc1OC. The topological polar surface area (TPSA) is 80.4 Å². The molecule has 2 N–H and O–H groups in total. The Morgan fingerprint density at radius 3 is 2.48 bits per heavy atom. The minimum Gasteiger partial charge on any atom is -0.493 e. The Bertz CT molecular complexity index is 1070. The van der Waals surface area contributed by atoms with Crippen LogP contribution in [0, 0.1) is 13.8 Å². The van der Waals surface area contributed by atoms with Gasteiger partial charge in [0.15, 0.2) is 11.5 Å². The normalized spacial score (nSPS) is 10.7. The molecule has 0 unspecified atom stereocenters. The number of benzene rings is 2. The van der Waals surface area contributed by atoms with Gasteiger partial charge in [0.2, 0.25) is 0 Å². The zero-order valence-electron chi connectivity index (χ0n) is 15.8. The maximum atomic E-state index is 12.4. The molecule has 27 heavy (non-hydrogen) atoms. The lowest BCUT2D eigenvalue weighted by atomic mass is 10.1. The van der Waals surface area contributed by atoms with Crippen molar-refractivity contribution < 1.29 is 14.3 Å². The third-order valence-electron chi connectivity index (χ3n) is 4.46. The summed E-state index contributed by atoms with van der Waals surface area (Å²) in [7, 11) is 3.05. The number of carbonyl (C=O) groups is 1. The molecule has 1 amide bonds. The van der Waals surface area contributed by atoms with Crippen molar-refractivity contribution in [1.82, 2.24) is 10.3 Å². The van der Waals surface area contributed by atoms with Gasteiger partial charge in [-0.05, 0) is 55.1 Å². The molecule has 140 valence electrons. The van der Waals surface area contributed by atoms with Crippen LogP contribution in [0.5, 0.6) is 11.5 Å². The number of carbonyl (C=O) groups excluding carboxylic acids is 1. The summed E-state index contributed by atoms with van der Waals surface area (Å²) in [5.41, 5.74) is 3.68. The highest BCUT2D eigenvalue weighted by molar-refractivity contribution is 5.95. The van der Waals surface area contributed by atoms with E-state index in [4.69, 9.17) is 9.47 Å². The predicted molar refractivity (Wildman–Crippen MR) is 105 cm³/mol. The second kappa shape index (κ2) is 7.53. The number of hydrogen-bond acceptors (Lipinski definition) is 4. The predicted octanol–water partition coefficient (Wildman–Crippen LogP) is 3.09. The lowest BCUT2D eigenvalue weighted by Crippen LogP contribution is -2.26. The van der Waals surface area contributed by atoms with E-state index < -0.39 is 0 Å². The number of H-pyrrole nitrogens is 1. The minimum absolute atomic E-state index is 0.130. The molecule has 0 radical (unpaired) electrons. The smallest absolute Gasteiger partial charge is 0.253 e. The molecular weight excluding hydrogens is 344 g/mol. The zero-order chi connectivity index (χ0) is 19.6. The van der Waals surface area contributed by atoms with Gasteiger partial charge < -0.3 is 19.8 Å². The van der Waals surface area contributed by atoms with Crippen molar-refractivity contribution in [2.24, 2.45) is 0 Å². The quantitative estimate of drug-likeness (QED) is 0.727. The van der Waals surface area contributed by atoms with E-state index >= 15 is 0 Å². The Hall–Kier alpha value is -3.28. The Kier molecular flexibility index (Phi) is 5.16. The van der Waals surface area contributed by atoms with Gasteiger partial charge >= 0.3 is 0 Å². The molecule has 6 heteroatoms. The van der Waals surface area contributed by atoms with Crippen molar-refractivity contribution in [3.63, 3.8) is 0 Å². The van der Waals surface area contributed by atoms with Crippen molar-refractivity contribution in [1.29, 1.82) is 0 Å². The van der Waals surface area contributed by atoms with Gasteiger partial charge in [0.25, 0.3) is 11.5 Å². The van der Waals surface area contributed by atoms with Crippen LogP contribution in [0.3, 0.4) is 0 Å². The number of amides is 1. The number of pyridine rings is 1. The Labute approximate surface area is 157 Å². The largest absolute Gasteiger partial charge is 0.493 e. The summed E-state index contributed by atoms with van der Waals surface area (Å²) in [6.45, 7) is 4.10. The molecular formula is C21H22N2O4. The van der Waals surface area contributed by atoms with Crippen molar-refractivity contribution in [2.75, 3.05) is 14.2 Å². The number of nitrogens with one attached hydrogen (secondary N) is 2. The summed E-state index contributed by atoms with van der Waals surface area (Å²) in [6.07, 6.45) is 0. The van der Waals surface area contributed by atoms with Crippen molar-refractivity contribution in [2.45, 2.75) is 20.4 Å². The van der Waals surface area contributed by atoms with Gasteiger partial charge in [-0.25, -0.2) is 0 Å². The number of aromatic amines is 1. The van der Waals surface area contributed by atoms with Gasteiger partial charge in [0, 0.05) is 17.7 Å². The van der Waals surface area contributed by atoms with E-state index in [1.165, 1.54) is 14.2 Å². The van der Waals surface area contributed by atoms with Crippen LogP contribution in [0.4, 0.5) is 0 Å². The monoisotopic (exact) mass is 366 g/mol. The van der Waals surface area contributed by atoms with Crippen LogP contribution in [-0.4, -0.2) is 25.1 Å². The van der Waals surface area contributed by atoms with Gasteiger partial charge in [-0.3, -0.25) is 9.59 Å². The maximum absolute atomic E-state index is 12.4. The van der Waals surface area contributed by atoms with E-state index in [1.54, 1.807) is 18.2 Å². The Balaban J connectivity index is 1.83. The number of ether oxygens (including phenoxy) is 2. The summed E-state index contributed by atoms with van der Waals surface area (Å²) in [4.78, 5) is 27.7. The summed E-state index contributed by atoms with van der Waals surface area (Å²) < 4.78 is 10.4. The second-order valence-electron chi connectivity index (χ2n) is 6.42. The number of rotatable bonds is 5. The van der Waals surface area contributed by atoms with Crippen LogP contribution < -0.4 is 20.3 Å². The molecule has 1 aromatic heterocycles. The van der Waals surface area contributed by atoms with Gasteiger partial charge in [-0.2, -0.15) is 0 Å². The average molecular weight is 366 g/mol. The first-order chi connectivity index (χ1) is 12.9. The van der Waals surface area contributed by atoms with Crippen molar-refractivity contribution in [3.05, 3.63) is 69.0 Å². The van der Waals surface area contributed by atoms with E-state index in [0.717, 1.165) is 22.0 Å². The molecule has 0 atom stereocenters. The van der Waals surface area contributed by atoms with E-state index in [2.05, 4.69) is 10.3 Å². The molecule has 0 saturated carbocycles. The van der Waals surface area contributed by atoms with Crippen molar-refractivity contribution >= 4 is 16.8 Å². The first kappa shape index (κ1) is 18.5. The summed E-state index contributed by atoms with van der Waals surface area (Å²) in [5, 5.41) is 3.73. The van der Waals surface area contributed by atoms with Gasteiger partial charge in [-0.1, -0.05) is 11.6 Å². The number of aryl methyl sites for hydroxylation is 2. The fourth-order valence-electron chi connectivity index (χ4n) is 3.12. The molecule has 2 aromatic carbocycles. The molecule has 0 fully saturated rings. The van der Waals surface area contributed by atoms with Gasteiger partial charge in [0.1, 0.15) is 0 Å². The maximum Gasteiger partial charge on any atom is 0.253 e. The minimum atomic E-state index is -0.295. The molecule has 0 bridgehead atoms. The highest BCUT2D eigenvalue weighted by atomic mass is 16.5. The molecule has 3 rings (SSSR count). The zero-order valence-corrected chi connectivity index (χ0v) is 15.8. The molecule has 6 nitrogen and oxygen atoms in total. The highest BCUT2D eigenvalue weighted by Crippen LogP contribution is 2.27. The third-order valence-corrected chi connectivity index (χ3v) is 4.46. The summed E-state index contributed by atoms with van der Waals surface area (Å²) >= 11 is 0. The van der Waals surface area contributed by atoms with Gasteiger partial charge in [-0.15, -0.1) is 0 Å². The Morgan fingerprint density at radius 1 is 1.04 bits per heavy atom. The highest BCUT2D eigenvalue weighted by Gasteiger charge is 2.12. The molecule has 0 saturated heterocycles. The number of fused-ring (bicyclic) bond motifs is 1. The molecule has 3 aromatic rings. The first-order valence-corrected chi connectivity index (χ1v) is 8.56. The lowest BCUT2D eigenvalue weighted by Gasteiger charge is -2.11. The fraction of sp³-hybridized carbons (Fsp3) is 0.238. The first-order valence-electron chi connectivity index (χ1n) is 8.56. The Morgan fingerprint density at radius 2 is 1.78 bits per heavy atom. The lowest BCUT2D eigenvalue weighted by molar-refractivity contribution is 0.0950. The van der Waals surface area contributed by atoms with Crippen molar-refractivity contribution in [3.8, 4) is 11.5 Å². The van der Waals surface area contributed by atoms with E-state index in [-0.39, 0.29) is 18.0 Å². The van der Waals surface area contributed by atoms with E-state index in [1.807, 2.05) is 32.0 Å². The molecule has 1 heterocycles. The molecule has 0 spiro atoms. The number of hydrogen-bond donors (Lipinski definition) is 2. The van der Waals surface area contributed by atoms with Gasteiger partial charge in [0.05, 0.1) is 19.7 Å². The summed E-state index contributed by atoms with van der Waals surface area (Å²) in [6, 6.07) is 10.8. The van der Waals surface area contributed by atoms with Crippen LogP contribution in [0.2, 0.25) is 0 Å². The van der Waals surface area contributed by atoms with Crippen LogP contribution in [0.1, 0.15) is 27.0 Å². The molecule has 0 aliphatic rings. The van der Waals surface area contributed by atoms with E-state index in [9.17, 15) is 9.59 Å². The molecule has 0 aliphatic carbocycles. The molecule has 0 aliphatic heterocycles. The number of methoxy groups -OCH3 is 2. The van der Waals surface area contributed by atoms with Crippen LogP contribution in [0.15, 0.2) is 41.2 Å². The van der Waals surface area contributed by atoms with E-state index in [0.29, 0.717) is 22.6 Å². The standard InChI is InChI=1S/C21H22N2O4/c1-12-7-13(2)19-15(8-12)9-16(21(25)23-19)11-22-20(24)14-5-6-17(26-3)18(10-14)27-4/h5-10H,11H2,1-4H3,(H,22,24)(H,23,25). The van der Waals surface area contributed by atoms with Crippen LogP contribution in [0.25, 0.3) is 10.9 Å².